The van der Waals surface area contributed by atoms with Crippen LogP contribution in [-0.2, 0) is 14.9 Å². The predicted molar refractivity (Wildman–Crippen MR) is 181 cm³/mol. The normalized spacial score (nSPS) is 15.0. The van der Waals surface area contributed by atoms with E-state index in [1.54, 1.807) is 11.5 Å². The number of aromatic nitrogens is 3. The summed E-state index contributed by atoms with van der Waals surface area (Å²) in [6.45, 7) is 10.8. The van der Waals surface area contributed by atoms with Crippen LogP contribution < -0.4 is 19.6 Å². The van der Waals surface area contributed by atoms with Gasteiger partial charge in [-0.25, -0.2) is 14.5 Å². The van der Waals surface area contributed by atoms with Gasteiger partial charge in [-0.2, -0.15) is 5.10 Å². The molecule has 0 radical (unpaired) electrons. The van der Waals surface area contributed by atoms with Crippen molar-refractivity contribution >= 4 is 23.4 Å². The van der Waals surface area contributed by atoms with Crippen LogP contribution in [0, 0.1) is 0 Å². The Balaban J connectivity index is 1.53. The summed E-state index contributed by atoms with van der Waals surface area (Å²) < 4.78 is 14.7. The Bertz CT molecular complexity index is 2110. The van der Waals surface area contributed by atoms with Gasteiger partial charge in [-0.1, -0.05) is 74.6 Å². The number of hydrogen-bond donors (Lipinski definition) is 0. The van der Waals surface area contributed by atoms with E-state index in [-0.39, 0.29) is 11.0 Å². The van der Waals surface area contributed by atoms with Crippen LogP contribution in [-0.4, -0.2) is 34.0 Å². The number of carbonyl (C=O) groups is 1. The molecule has 0 aliphatic carbocycles. The van der Waals surface area contributed by atoms with Crippen molar-refractivity contribution in [3.05, 3.63) is 133 Å². The predicted octanol–water partition coefficient (Wildman–Crippen LogP) is 5.96. The molecular weight excluding hydrogens is 596 g/mol. The minimum Gasteiger partial charge on any atom is -0.494 e. The highest BCUT2D eigenvalue weighted by atomic mass is 32.1. The van der Waals surface area contributed by atoms with Crippen molar-refractivity contribution in [3.63, 3.8) is 0 Å². The summed E-state index contributed by atoms with van der Waals surface area (Å²) >= 11 is 1.29. The van der Waals surface area contributed by atoms with Crippen LogP contribution >= 0.6 is 11.3 Å². The topological polar surface area (TPSA) is 87.7 Å². The van der Waals surface area contributed by atoms with Gasteiger partial charge in [0.05, 0.1) is 41.2 Å². The first-order valence-electron chi connectivity index (χ1n) is 15.2. The van der Waals surface area contributed by atoms with Crippen molar-refractivity contribution in [2.24, 2.45) is 4.99 Å². The lowest BCUT2D eigenvalue weighted by Crippen LogP contribution is -2.39. The molecule has 0 saturated carbocycles. The quantitative estimate of drug-likeness (QED) is 0.207. The van der Waals surface area contributed by atoms with Gasteiger partial charge < -0.3 is 9.47 Å². The van der Waals surface area contributed by atoms with Crippen LogP contribution in [0.2, 0.25) is 0 Å². The molecule has 3 heterocycles. The van der Waals surface area contributed by atoms with E-state index >= 15 is 0 Å². The number of methoxy groups -OCH3 is 1. The first-order valence-corrected chi connectivity index (χ1v) is 16.0. The Morgan fingerprint density at radius 3 is 2.33 bits per heavy atom. The number of para-hydroxylation sites is 1. The molecule has 1 atom stereocenters. The first kappa shape index (κ1) is 31.0. The SMILES string of the molecule is CCOc1ccc(-c2nn(-c3ccccc3)cc2/C=c2\sc3n(c2=O)[C@H](c2ccc(C(C)(C)C)cc2)C(C(=O)OC)=C(C)N=3)cc1. The van der Waals surface area contributed by atoms with Gasteiger partial charge in [0.15, 0.2) is 4.80 Å². The molecule has 3 aromatic carbocycles. The minimum atomic E-state index is -0.683. The molecule has 234 valence electrons. The van der Waals surface area contributed by atoms with E-state index < -0.39 is 12.0 Å². The van der Waals surface area contributed by atoms with Crippen LogP contribution in [0.1, 0.15) is 57.4 Å². The average Bonchev–Trinajstić information content (AvgIpc) is 3.61. The molecule has 0 saturated heterocycles. The smallest absolute Gasteiger partial charge is 0.338 e. The van der Waals surface area contributed by atoms with Gasteiger partial charge in [0.25, 0.3) is 5.56 Å². The van der Waals surface area contributed by atoms with Crippen LogP contribution in [0.3, 0.4) is 0 Å². The van der Waals surface area contributed by atoms with Gasteiger partial charge >= 0.3 is 5.97 Å². The third-order valence-corrected chi connectivity index (χ3v) is 8.99. The maximum atomic E-state index is 14.3. The number of allylic oxidation sites excluding steroid dienone is 1. The summed E-state index contributed by atoms with van der Waals surface area (Å²) in [5, 5.41) is 4.93. The third kappa shape index (κ3) is 5.86. The first-order chi connectivity index (χ1) is 22.1. The monoisotopic (exact) mass is 632 g/mol. The highest BCUT2D eigenvalue weighted by molar-refractivity contribution is 7.07. The van der Waals surface area contributed by atoms with Gasteiger partial charge in [0, 0.05) is 17.3 Å². The maximum Gasteiger partial charge on any atom is 0.338 e. The Morgan fingerprint density at radius 2 is 1.70 bits per heavy atom. The zero-order chi connectivity index (χ0) is 32.6. The summed E-state index contributed by atoms with van der Waals surface area (Å²) in [4.78, 5) is 32.7. The van der Waals surface area contributed by atoms with Gasteiger partial charge in [-0.15, -0.1) is 0 Å². The molecule has 0 unspecified atom stereocenters. The van der Waals surface area contributed by atoms with Crippen LogP contribution in [0.15, 0.2) is 106 Å². The van der Waals surface area contributed by atoms with Crippen LogP contribution in [0.4, 0.5) is 0 Å². The number of carbonyl (C=O) groups excluding carboxylic acids is 1. The molecule has 0 spiro atoms. The maximum absolute atomic E-state index is 14.3. The molecule has 6 rings (SSSR count). The standard InChI is InChI=1S/C37H36N4O4S/c1-7-45-29-19-15-24(16-20-29)32-26(22-40(39-32)28-11-9-8-10-12-28)21-30-34(42)41-33(25-13-17-27(18-14-25)37(3,4)5)31(35(43)44-6)23(2)38-36(41)46-30/h8-22,33H,7H2,1-6H3/b30-21-/t33-/m1/s1. The van der Waals surface area contributed by atoms with Gasteiger partial charge in [0.1, 0.15) is 11.4 Å². The number of rotatable bonds is 7. The number of hydrogen-bond acceptors (Lipinski definition) is 7. The second kappa shape index (κ2) is 12.4. The molecule has 1 aliphatic rings. The number of fused-ring (bicyclic) bond motifs is 1. The summed E-state index contributed by atoms with van der Waals surface area (Å²) in [5.41, 5.74) is 5.82. The lowest BCUT2D eigenvalue weighted by Gasteiger charge is -2.25. The van der Waals surface area contributed by atoms with Gasteiger partial charge in [-0.05, 0) is 72.9 Å². The number of ether oxygens (including phenoxy) is 2. The Labute approximate surface area is 271 Å². The molecule has 2 aromatic heterocycles. The molecule has 5 aromatic rings. The number of nitrogens with zero attached hydrogens (tertiary/aromatic N) is 4. The van der Waals surface area contributed by atoms with Crippen molar-refractivity contribution in [1.29, 1.82) is 0 Å². The lowest BCUT2D eigenvalue weighted by molar-refractivity contribution is -0.136. The Hall–Kier alpha value is -5.02. The molecule has 1 aliphatic heterocycles. The van der Waals surface area contributed by atoms with Gasteiger partial charge in [0.2, 0.25) is 0 Å². The molecule has 0 amide bonds. The summed E-state index contributed by atoms with van der Waals surface area (Å²) in [6.07, 6.45) is 3.78. The van der Waals surface area contributed by atoms with E-state index in [0.717, 1.165) is 39.4 Å². The van der Waals surface area contributed by atoms with E-state index in [0.29, 0.717) is 27.2 Å². The fourth-order valence-corrected chi connectivity index (χ4v) is 6.66. The summed E-state index contributed by atoms with van der Waals surface area (Å²) in [5.74, 6) is 0.262. The number of benzene rings is 3. The Morgan fingerprint density at radius 1 is 1.00 bits per heavy atom. The van der Waals surface area contributed by atoms with E-state index in [2.05, 4.69) is 32.9 Å². The van der Waals surface area contributed by atoms with E-state index in [9.17, 15) is 9.59 Å². The second-order valence-electron chi connectivity index (χ2n) is 12.1. The van der Waals surface area contributed by atoms with Crippen LogP contribution in [0.5, 0.6) is 5.75 Å². The van der Waals surface area contributed by atoms with Crippen LogP contribution in [0.25, 0.3) is 23.0 Å². The number of esters is 1. The molecule has 46 heavy (non-hydrogen) atoms. The van der Waals surface area contributed by atoms with Crippen molar-refractivity contribution < 1.29 is 14.3 Å². The molecule has 0 N–H and O–H groups in total. The number of thiazole rings is 1. The van der Waals surface area contributed by atoms with Gasteiger partial charge in [-0.3, -0.25) is 9.36 Å². The summed E-state index contributed by atoms with van der Waals surface area (Å²) in [6, 6.07) is 25.0. The van der Waals surface area contributed by atoms with Crippen molar-refractivity contribution in [2.75, 3.05) is 13.7 Å². The zero-order valence-corrected chi connectivity index (χ0v) is 27.6. The van der Waals surface area contributed by atoms with Crippen molar-refractivity contribution in [3.8, 4) is 22.7 Å². The fourth-order valence-electron chi connectivity index (χ4n) is 5.62. The fraction of sp³-hybridized carbons (Fsp3) is 0.243. The average molecular weight is 633 g/mol. The molecule has 9 heteroatoms. The van der Waals surface area contributed by atoms with E-state index in [4.69, 9.17) is 19.6 Å². The molecule has 8 nitrogen and oxygen atoms in total. The highest BCUT2D eigenvalue weighted by Gasteiger charge is 2.33. The lowest BCUT2D eigenvalue weighted by atomic mass is 9.85. The zero-order valence-electron chi connectivity index (χ0n) is 26.8. The largest absolute Gasteiger partial charge is 0.494 e. The molecule has 0 bridgehead atoms. The van der Waals surface area contributed by atoms with E-state index in [1.165, 1.54) is 18.4 Å². The van der Waals surface area contributed by atoms with E-state index in [1.807, 2.05) is 90.6 Å². The minimum absolute atomic E-state index is 0.0465. The summed E-state index contributed by atoms with van der Waals surface area (Å²) in [7, 11) is 1.35. The highest BCUT2D eigenvalue weighted by Crippen LogP contribution is 2.32. The Kier molecular flexibility index (Phi) is 8.35. The third-order valence-electron chi connectivity index (χ3n) is 8.01. The molecular formula is C37H36N4O4S. The van der Waals surface area contributed by atoms with Crippen molar-refractivity contribution in [1.82, 2.24) is 14.3 Å². The molecule has 0 fully saturated rings. The van der Waals surface area contributed by atoms with Crippen molar-refractivity contribution in [2.45, 2.75) is 46.1 Å². The second-order valence-corrected chi connectivity index (χ2v) is 13.1.